The molecule has 0 spiro atoms. The van der Waals surface area contributed by atoms with Gasteiger partial charge in [0.25, 0.3) is 0 Å². The molecule has 1 fully saturated rings. The van der Waals surface area contributed by atoms with Crippen molar-refractivity contribution in [3.63, 3.8) is 0 Å². The van der Waals surface area contributed by atoms with Crippen molar-refractivity contribution < 1.29 is 0 Å². The maximum atomic E-state index is 3.56. The van der Waals surface area contributed by atoms with Gasteiger partial charge in [-0.1, -0.05) is 118 Å². The van der Waals surface area contributed by atoms with Crippen molar-refractivity contribution in [3.8, 4) is 0 Å². The lowest BCUT2D eigenvalue weighted by atomic mass is 9.85. The van der Waals surface area contributed by atoms with E-state index >= 15 is 0 Å². The van der Waals surface area contributed by atoms with Crippen molar-refractivity contribution >= 4 is 0 Å². The van der Waals surface area contributed by atoms with Crippen molar-refractivity contribution in [1.82, 2.24) is 0 Å². The normalized spacial score (nSPS) is 14.9. The van der Waals surface area contributed by atoms with E-state index < -0.39 is 0 Å². The van der Waals surface area contributed by atoms with E-state index in [1.165, 1.54) is 70.6 Å². The van der Waals surface area contributed by atoms with Gasteiger partial charge in [0.1, 0.15) is 0 Å². The van der Waals surface area contributed by atoms with E-state index in [0.717, 1.165) is 11.8 Å². The highest BCUT2D eigenvalue weighted by atomic mass is 14.2. The summed E-state index contributed by atoms with van der Waals surface area (Å²) in [4.78, 5) is 0. The molecule has 134 valence electrons. The van der Waals surface area contributed by atoms with Crippen LogP contribution in [0.15, 0.2) is 12.7 Å². The van der Waals surface area contributed by atoms with Gasteiger partial charge >= 0.3 is 0 Å². The van der Waals surface area contributed by atoms with E-state index in [4.69, 9.17) is 0 Å². The Bertz CT molecular complexity index is 192. The van der Waals surface area contributed by atoms with Crippen molar-refractivity contribution in [2.45, 2.75) is 112 Å². The second-order valence-electron chi connectivity index (χ2n) is 7.66. The van der Waals surface area contributed by atoms with Crippen molar-refractivity contribution in [1.29, 1.82) is 0 Å². The molecule has 22 heavy (non-hydrogen) atoms. The topological polar surface area (TPSA) is 0 Å². The van der Waals surface area contributed by atoms with Crippen LogP contribution in [0.4, 0.5) is 0 Å². The largest absolute Gasteiger partial charge is 0.103 e. The Hall–Kier alpha value is -0.260. The lowest BCUT2D eigenvalue weighted by Gasteiger charge is -2.21. The van der Waals surface area contributed by atoms with E-state index in [9.17, 15) is 0 Å². The molecule has 0 bridgehead atoms. The maximum absolute atomic E-state index is 3.56. The first-order valence-electron chi connectivity index (χ1n) is 10.1. The highest BCUT2D eigenvalue weighted by Gasteiger charge is 2.12. The molecule has 0 unspecified atom stereocenters. The lowest BCUT2D eigenvalue weighted by molar-refractivity contribution is 0.317. The molecule has 1 aliphatic carbocycles. The van der Waals surface area contributed by atoms with Gasteiger partial charge in [0.2, 0.25) is 0 Å². The number of hydrogen-bond donors (Lipinski definition) is 0. The molecule has 0 nitrogen and oxygen atoms in total. The number of hydrogen-bond acceptors (Lipinski definition) is 0. The van der Waals surface area contributed by atoms with Crippen LogP contribution in [0.2, 0.25) is 0 Å². The zero-order valence-corrected chi connectivity index (χ0v) is 16.8. The van der Waals surface area contributed by atoms with Gasteiger partial charge in [0.05, 0.1) is 0 Å². The van der Waals surface area contributed by atoms with Crippen molar-refractivity contribution in [3.05, 3.63) is 12.7 Å². The Labute approximate surface area is 143 Å². The third-order valence-electron chi connectivity index (χ3n) is 4.31. The molecule has 0 aromatic carbocycles. The molecular formula is C22H46. The summed E-state index contributed by atoms with van der Waals surface area (Å²) in [6.07, 6.45) is 17.9. The summed E-state index contributed by atoms with van der Waals surface area (Å²) in [5, 5.41) is 0. The fraction of sp³-hybridized carbons (Fsp3) is 0.909. The lowest BCUT2D eigenvalue weighted by Crippen LogP contribution is -2.06. The van der Waals surface area contributed by atoms with E-state index in [1.807, 2.05) is 6.08 Å². The van der Waals surface area contributed by atoms with E-state index in [0.29, 0.717) is 5.92 Å². The molecule has 0 saturated heterocycles. The first-order chi connectivity index (χ1) is 10.5. The van der Waals surface area contributed by atoms with E-state index in [1.54, 1.807) is 0 Å². The summed E-state index contributed by atoms with van der Waals surface area (Å²) in [6.45, 7) is 16.9. The van der Waals surface area contributed by atoms with Gasteiger partial charge in [-0.05, 0) is 17.8 Å². The minimum atomic E-state index is 0.648. The van der Waals surface area contributed by atoms with Gasteiger partial charge in [-0.25, -0.2) is 0 Å². The Morgan fingerprint density at radius 1 is 0.909 bits per heavy atom. The second kappa shape index (κ2) is 18.8. The summed E-state index contributed by atoms with van der Waals surface area (Å²) in [5.74, 6) is 2.65. The molecule has 0 aromatic rings. The average Bonchev–Trinajstić information content (AvgIpc) is 2.53. The monoisotopic (exact) mass is 310 g/mol. The Balaban J connectivity index is 0. The zero-order chi connectivity index (χ0) is 17.2. The molecule has 0 heteroatoms. The van der Waals surface area contributed by atoms with Gasteiger partial charge in [-0.2, -0.15) is 0 Å². The van der Waals surface area contributed by atoms with Crippen molar-refractivity contribution in [2.75, 3.05) is 0 Å². The summed E-state index contributed by atoms with van der Waals surface area (Å²) >= 11 is 0. The van der Waals surface area contributed by atoms with Gasteiger partial charge in [-0.15, -0.1) is 6.58 Å². The number of unbranched alkanes of at least 4 members (excludes halogenated alkanes) is 3. The van der Waals surface area contributed by atoms with Gasteiger partial charge in [-0.3, -0.25) is 0 Å². The summed E-state index contributed by atoms with van der Waals surface area (Å²) < 4.78 is 0. The highest BCUT2D eigenvalue weighted by molar-refractivity contribution is 4.69. The first kappa shape index (κ1) is 24.0. The van der Waals surface area contributed by atoms with Crippen LogP contribution in [0.25, 0.3) is 0 Å². The van der Waals surface area contributed by atoms with E-state index in [-0.39, 0.29) is 0 Å². The van der Waals surface area contributed by atoms with Crippen LogP contribution in [0.3, 0.4) is 0 Å². The standard InChI is InChI=1S/C11H22.C6H14.C5H10/c1-10(2)8-9-11-6-4-3-5-7-11;1-3-5-6-4-2;1-4-5(2)3/h10-11H,3-9H2,1-2H3;3-6H2,1-2H3;4-5H,1H2,2-3H3. The molecule has 0 atom stereocenters. The molecular weight excluding hydrogens is 264 g/mol. The molecule has 1 rings (SSSR count). The number of allylic oxidation sites excluding steroid dienone is 1. The van der Waals surface area contributed by atoms with Gasteiger partial charge < -0.3 is 0 Å². The van der Waals surface area contributed by atoms with Crippen LogP contribution in [0.5, 0.6) is 0 Å². The van der Waals surface area contributed by atoms with Crippen LogP contribution in [-0.4, -0.2) is 0 Å². The zero-order valence-electron chi connectivity index (χ0n) is 16.8. The Morgan fingerprint density at radius 2 is 1.36 bits per heavy atom. The molecule has 0 radical (unpaired) electrons. The third-order valence-corrected chi connectivity index (χ3v) is 4.31. The second-order valence-corrected chi connectivity index (χ2v) is 7.66. The molecule has 1 saturated carbocycles. The molecule has 0 heterocycles. The first-order valence-corrected chi connectivity index (χ1v) is 10.1. The summed E-state index contributed by atoms with van der Waals surface area (Å²) in [5.41, 5.74) is 0. The van der Waals surface area contributed by atoms with Crippen molar-refractivity contribution in [2.24, 2.45) is 17.8 Å². The fourth-order valence-corrected chi connectivity index (χ4v) is 2.54. The van der Waals surface area contributed by atoms with Crippen LogP contribution < -0.4 is 0 Å². The van der Waals surface area contributed by atoms with Gasteiger partial charge in [0.15, 0.2) is 0 Å². The highest BCUT2D eigenvalue weighted by Crippen LogP contribution is 2.28. The third kappa shape index (κ3) is 22.0. The molecule has 0 amide bonds. The minimum Gasteiger partial charge on any atom is -0.103 e. The Kier molecular flexibility index (Phi) is 20.5. The minimum absolute atomic E-state index is 0.648. The quantitative estimate of drug-likeness (QED) is 0.327. The molecule has 1 aliphatic rings. The summed E-state index contributed by atoms with van der Waals surface area (Å²) in [7, 11) is 0. The molecule has 0 N–H and O–H groups in total. The predicted molar refractivity (Wildman–Crippen MR) is 105 cm³/mol. The van der Waals surface area contributed by atoms with Crippen LogP contribution >= 0.6 is 0 Å². The smallest absolute Gasteiger partial charge is 0.0293 e. The average molecular weight is 311 g/mol. The van der Waals surface area contributed by atoms with Crippen LogP contribution in [0.1, 0.15) is 112 Å². The van der Waals surface area contributed by atoms with Gasteiger partial charge in [0, 0.05) is 0 Å². The predicted octanol–water partition coefficient (Wildman–Crippen LogP) is 8.42. The molecule has 0 aromatic heterocycles. The summed E-state index contributed by atoms with van der Waals surface area (Å²) in [6, 6.07) is 0. The maximum Gasteiger partial charge on any atom is -0.0293 e. The van der Waals surface area contributed by atoms with E-state index in [2.05, 4.69) is 48.1 Å². The van der Waals surface area contributed by atoms with Crippen LogP contribution in [0, 0.1) is 17.8 Å². The number of rotatable bonds is 7. The van der Waals surface area contributed by atoms with Crippen LogP contribution in [-0.2, 0) is 0 Å². The Morgan fingerprint density at radius 3 is 1.68 bits per heavy atom. The fourth-order valence-electron chi connectivity index (χ4n) is 2.54. The SMILES string of the molecule is C=CC(C)C.CC(C)CCC1CCCCC1.CCCCCC. The molecule has 0 aliphatic heterocycles.